The molecule has 21 heavy (non-hydrogen) atoms. The van der Waals surface area contributed by atoms with E-state index in [1.54, 1.807) is 6.92 Å². The highest BCUT2D eigenvalue weighted by atomic mass is 16.5. The molecule has 0 spiro atoms. The minimum atomic E-state index is -1.36. The predicted octanol–water partition coefficient (Wildman–Crippen LogP) is 0.357. The van der Waals surface area contributed by atoms with Gasteiger partial charge in [-0.15, -0.1) is 0 Å². The zero-order chi connectivity index (χ0) is 16.0. The van der Waals surface area contributed by atoms with E-state index in [0.717, 1.165) is 0 Å². The minimum absolute atomic E-state index is 0.128. The number of rotatable bonds is 6. The van der Waals surface area contributed by atoms with Crippen LogP contribution in [0.2, 0.25) is 0 Å². The van der Waals surface area contributed by atoms with Crippen LogP contribution in [-0.4, -0.2) is 43.4 Å². The van der Waals surface area contributed by atoms with Crippen molar-refractivity contribution < 1.29 is 28.7 Å². The van der Waals surface area contributed by atoms with Gasteiger partial charge in [0.05, 0.1) is 13.7 Å². The molecule has 0 heterocycles. The van der Waals surface area contributed by atoms with Crippen molar-refractivity contribution >= 4 is 23.6 Å². The van der Waals surface area contributed by atoms with Gasteiger partial charge in [0.15, 0.2) is 0 Å². The van der Waals surface area contributed by atoms with Gasteiger partial charge in [0.25, 0.3) is 0 Å². The molecule has 0 aromatic rings. The maximum absolute atomic E-state index is 12.2. The zero-order valence-electron chi connectivity index (χ0n) is 12.6. The molecule has 1 aliphatic rings. The molecule has 0 radical (unpaired) electrons. The van der Waals surface area contributed by atoms with E-state index in [1.165, 1.54) is 14.0 Å². The van der Waals surface area contributed by atoms with Crippen LogP contribution in [0.3, 0.4) is 0 Å². The second-order valence-electron chi connectivity index (χ2n) is 5.06. The van der Waals surface area contributed by atoms with Gasteiger partial charge < -0.3 is 14.8 Å². The normalized spacial score (nSPS) is 22.5. The average Bonchev–Trinajstić information content (AvgIpc) is 2.79. The summed E-state index contributed by atoms with van der Waals surface area (Å²) in [6, 6.07) is -1.04. The molecule has 0 aromatic carbocycles. The lowest BCUT2D eigenvalue weighted by molar-refractivity contribution is -0.161. The van der Waals surface area contributed by atoms with Gasteiger partial charge >= 0.3 is 11.9 Å². The van der Waals surface area contributed by atoms with Crippen LogP contribution in [-0.2, 0) is 28.7 Å². The number of hydrogen-bond acceptors (Lipinski definition) is 6. The largest absolute Gasteiger partial charge is 0.467 e. The quantitative estimate of drug-likeness (QED) is 0.561. The number of Topliss-reactive ketones (excluding diaryl/α,β-unsaturated/α-hetero) is 1. The van der Waals surface area contributed by atoms with Crippen LogP contribution in [0.1, 0.15) is 39.5 Å². The van der Waals surface area contributed by atoms with E-state index in [4.69, 9.17) is 4.74 Å². The van der Waals surface area contributed by atoms with Crippen molar-refractivity contribution in [1.82, 2.24) is 5.32 Å². The molecule has 1 N–H and O–H groups in total. The molecule has 1 aliphatic carbocycles. The summed E-state index contributed by atoms with van der Waals surface area (Å²) >= 11 is 0. The van der Waals surface area contributed by atoms with Crippen LogP contribution >= 0.6 is 0 Å². The van der Waals surface area contributed by atoms with Crippen molar-refractivity contribution in [3.63, 3.8) is 0 Å². The first-order chi connectivity index (χ1) is 9.87. The van der Waals surface area contributed by atoms with Gasteiger partial charge in [-0.1, -0.05) is 0 Å². The number of carbonyl (C=O) groups is 4. The van der Waals surface area contributed by atoms with E-state index >= 15 is 0 Å². The van der Waals surface area contributed by atoms with Gasteiger partial charge in [-0.05, 0) is 19.8 Å². The van der Waals surface area contributed by atoms with Crippen molar-refractivity contribution in [1.29, 1.82) is 0 Å². The number of esters is 2. The van der Waals surface area contributed by atoms with E-state index in [-0.39, 0.29) is 25.2 Å². The molecule has 118 valence electrons. The molecule has 1 rings (SSSR count). The third-order valence-corrected chi connectivity index (χ3v) is 3.62. The number of ether oxygens (including phenoxy) is 2. The Morgan fingerprint density at radius 3 is 2.48 bits per heavy atom. The molecular weight excluding hydrogens is 278 g/mol. The van der Waals surface area contributed by atoms with Crippen LogP contribution in [0.15, 0.2) is 0 Å². The highest BCUT2D eigenvalue weighted by Gasteiger charge is 2.52. The first kappa shape index (κ1) is 17.1. The summed E-state index contributed by atoms with van der Waals surface area (Å²) < 4.78 is 9.62. The number of carbonyl (C=O) groups excluding carboxylic acids is 4. The van der Waals surface area contributed by atoms with E-state index in [2.05, 4.69) is 10.1 Å². The summed E-state index contributed by atoms with van der Waals surface area (Å²) in [7, 11) is 1.19. The molecule has 7 nitrogen and oxygen atoms in total. The summed E-state index contributed by atoms with van der Waals surface area (Å²) in [5, 5.41) is 2.43. The third kappa shape index (κ3) is 3.80. The molecule has 1 fully saturated rings. The van der Waals surface area contributed by atoms with E-state index in [1.807, 2.05) is 0 Å². The monoisotopic (exact) mass is 299 g/mol. The van der Waals surface area contributed by atoms with Crippen molar-refractivity contribution in [2.75, 3.05) is 13.7 Å². The Balaban J connectivity index is 3.03. The molecule has 7 heteroatoms. The van der Waals surface area contributed by atoms with Gasteiger partial charge in [0.2, 0.25) is 5.91 Å². The number of amides is 1. The Kier molecular flexibility index (Phi) is 5.87. The van der Waals surface area contributed by atoms with Crippen molar-refractivity contribution in [3.8, 4) is 0 Å². The molecule has 1 amide bonds. The molecular formula is C14H21NO6. The molecule has 0 aromatic heterocycles. The van der Waals surface area contributed by atoms with E-state index in [0.29, 0.717) is 12.8 Å². The lowest BCUT2D eigenvalue weighted by Gasteiger charge is -2.28. The SMILES string of the molecule is CCOC(=O)[C@]1(CC(NC(C)=O)C(=O)OC)CCCC1=O. The Labute approximate surface area is 123 Å². The van der Waals surface area contributed by atoms with Crippen LogP contribution < -0.4 is 5.32 Å². The smallest absolute Gasteiger partial charge is 0.328 e. The van der Waals surface area contributed by atoms with Crippen LogP contribution in [0.4, 0.5) is 0 Å². The maximum atomic E-state index is 12.2. The zero-order valence-corrected chi connectivity index (χ0v) is 12.6. The second-order valence-corrected chi connectivity index (χ2v) is 5.06. The van der Waals surface area contributed by atoms with Crippen molar-refractivity contribution in [2.24, 2.45) is 5.41 Å². The fourth-order valence-corrected chi connectivity index (χ4v) is 2.64. The van der Waals surface area contributed by atoms with Gasteiger partial charge in [-0.3, -0.25) is 14.4 Å². The number of hydrogen-bond donors (Lipinski definition) is 1. The number of nitrogens with one attached hydrogen (secondary N) is 1. The van der Waals surface area contributed by atoms with Gasteiger partial charge in [-0.2, -0.15) is 0 Å². The predicted molar refractivity (Wildman–Crippen MR) is 72.2 cm³/mol. The van der Waals surface area contributed by atoms with Gasteiger partial charge in [0.1, 0.15) is 17.2 Å². The lowest BCUT2D eigenvalue weighted by Crippen LogP contribution is -2.48. The van der Waals surface area contributed by atoms with E-state index in [9.17, 15) is 19.2 Å². The fourth-order valence-electron chi connectivity index (χ4n) is 2.64. The summed E-state index contributed by atoms with van der Waals surface area (Å²) in [6.07, 6.45) is 1.02. The Morgan fingerprint density at radius 2 is 2.05 bits per heavy atom. The highest BCUT2D eigenvalue weighted by molar-refractivity contribution is 6.05. The Hall–Kier alpha value is -1.92. The maximum Gasteiger partial charge on any atom is 0.328 e. The summed E-state index contributed by atoms with van der Waals surface area (Å²) in [4.78, 5) is 47.4. The standard InChI is InChI=1S/C14H21NO6/c1-4-21-13(19)14(7-5-6-11(14)17)8-10(12(18)20-3)15-9(2)16/h10H,4-8H2,1-3H3,(H,15,16)/t10?,14-/m0/s1. The Morgan fingerprint density at radius 1 is 1.38 bits per heavy atom. The first-order valence-corrected chi connectivity index (χ1v) is 6.93. The van der Waals surface area contributed by atoms with Crippen molar-refractivity contribution in [2.45, 2.75) is 45.6 Å². The van der Waals surface area contributed by atoms with Crippen LogP contribution in [0.25, 0.3) is 0 Å². The molecule has 1 unspecified atom stereocenters. The minimum Gasteiger partial charge on any atom is -0.467 e. The van der Waals surface area contributed by atoms with E-state index < -0.39 is 29.3 Å². The average molecular weight is 299 g/mol. The summed E-state index contributed by atoms with van der Waals surface area (Å²) in [5.41, 5.74) is -1.36. The molecule has 0 bridgehead atoms. The molecule has 0 saturated heterocycles. The lowest BCUT2D eigenvalue weighted by atomic mass is 9.79. The van der Waals surface area contributed by atoms with Crippen LogP contribution in [0, 0.1) is 5.41 Å². The van der Waals surface area contributed by atoms with Crippen LogP contribution in [0.5, 0.6) is 0 Å². The van der Waals surface area contributed by atoms with Crippen molar-refractivity contribution in [3.05, 3.63) is 0 Å². The third-order valence-electron chi connectivity index (χ3n) is 3.62. The summed E-state index contributed by atoms with van der Waals surface area (Å²) in [6.45, 7) is 3.05. The summed E-state index contributed by atoms with van der Waals surface area (Å²) in [5.74, 6) is -2.00. The molecule has 0 aliphatic heterocycles. The first-order valence-electron chi connectivity index (χ1n) is 6.93. The number of ketones is 1. The molecule has 2 atom stereocenters. The van der Waals surface area contributed by atoms with Gasteiger partial charge in [-0.25, -0.2) is 4.79 Å². The number of methoxy groups -OCH3 is 1. The highest BCUT2D eigenvalue weighted by Crippen LogP contribution is 2.40. The Bertz CT molecular complexity index is 447. The fraction of sp³-hybridized carbons (Fsp3) is 0.714. The molecule has 1 saturated carbocycles. The second kappa shape index (κ2) is 7.19. The topological polar surface area (TPSA) is 98.8 Å². The van der Waals surface area contributed by atoms with Gasteiger partial charge in [0, 0.05) is 19.8 Å².